The van der Waals surface area contributed by atoms with E-state index in [1.165, 1.54) is 4.90 Å². The first kappa shape index (κ1) is 20.1. The van der Waals surface area contributed by atoms with Crippen LogP contribution in [-0.2, 0) is 0 Å². The molecule has 1 aromatic heterocycles. The van der Waals surface area contributed by atoms with Crippen LogP contribution in [0.25, 0.3) is 16.9 Å². The zero-order valence-electron chi connectivity index (χ0n) is 17.3. The molecule has 0 saturated heterocycles. The standard InChI is InChI=1S/C25H22N4O2/c1-28(2)25(31)19-13-15-20(16-14-19)26-24(30)22-17-23(18-9-5-3-6-10-18)29(27-22)21-11-7-4-8-12-21/h3-17H,1-2H3,(H,26,30). The normalized spacial score (nSPS) is 10.5. The molecular weight excluding hydrogens is 388 g/mol. The van der Waals surface area contributed by atoms with Crippen LogP contribution >= 0.6 is 0 Å². The Morgan fingerprint density at radius 2 is 1.45 bits per heavy atom. The third-order valence-electron chi connectivity index (χ3n) is 4.81. The van der Waals surface area contributed by atoms with Crippen LogP contribution < -0.4 is 5.32 Å². The van der Waals surface area contributed by atoms with E-state index >= 15 is 0 Å². The smallest absolute Gasteiger partial charge is 0.276 e. The van der Waals surface area contributed by atoms with Crippen molar-refractivity contribution in [2.75, 3.05) is 19.4 Å². The number of rotatable bonds is 5. The maximum absolute atomic E-state index is 12.9. The van der Waals surface area contributed by atoms with Gasteiger partial charge in [-0.15, -0.1) is 0 Å². The van der Waals surface area contributed by atoms with Crippen molar-refractivity contribution in [2.24, 2.45) is 0 Å². The molecule has 31 heavy (non-hydrogen) atoms. The fourth-order valence-electron chi connectivity index (χ4n) is 3.22. The summed E-state index contributed by atoms with van der Waals surface area (Å²) in [6.07, 6.45) is 0. The molecule has 0 unspecified atom stereocenters. The van der Waals surface area contributed by atoms with Crippen molar-refractivity contribution in [3.8, 4) is 16.9 Å². The topological polar surface area (TPSA) is 67.2 Å². The minimum Gasteiger partial charge on any atom is -0.345 e. The zero-order chi connectivity index (χ0) is 21.8. The highest BCUT2D eigenvalue weighted by Gasteiger charge is 2.17. The number of hydrogen-bond acceptors (Lipinski definition) is 3. The Morgan fingerprint density at radius 1 is 0.839 bits per heavy atom. The van der Waals surface area contributed by atoms with Crippen LogP contribution in [0.1, 0.15) is 20.8 Å². The van der Waals surface area contributed by atoms with Crippen molar-refractivity contribution >= 4 is 17.5 Å². The predicted octanol–water partition coefficient (Wildman–Crippen LogP) is 4.49. The van der Waals surface area contributed by atoms with E-state index in [0.717, 1.165) is 16.9 Å². The molecule has 3 aromatic carbocycles. The highest BCUT2D eigenvalue weighted by Crippen LogP contribution is 2.24. The Morgan fingerprint density at radius 3 is 2.06 bits per heavy atom. The lowest BCUT2D eigenvalue weighted by molar-refractivity contribution is 0.0827. The van der Waals surface area contributed by atoms with E-state index in [1.807, 2.05) is 60.7 Å². The molecule has 0 bridgehead atoms. The quantitative estimate of drug-likeness (QED) is 0.527. The SMILES string of the molecule is CN(C)C(=O)c1ccc(NC(=O)c2cc(-c3ccccc3)n(-c3ccccc3)n2)cc1. The number of anilines is 1. The largest absolute Gasteiger partial charge is 0.345 e. The molecule has 1 heterocycles. The second-order valence-corrected chi connectivity index (χ2v) is 7.26. The summed E-state index contributed by atoms with van der Waals surface area (Å²) in [5.41, 5.74) is 4.11. The highest BCUT2D eigenvalue weighted by molar-refractivity contribution is 6.04. The van der Waals surface area contributed by atoms with E-state index in [1.54, 1.807) is 49.1 Å². The van der Waals surface area contributed by atoms with Gasteiger partial charge in [0.25, 0.3) is 11.8 Å². The average Bonchev–Trinajstić information content (AvgIpc) is 3.26. The lowest BCUT2D eigenvalue weighted by Crippen LogP contribution is -2.21. The van der Waals surface area contributed by atoms with Gasteiger partial charge in [0.15, 0.2) is 5.69 Å². The van der Waals surface area contributed by atoms with Gasteiger partial charge in [0.2, 0.25) is 0 Å². The second-order valence-electron chi connectivity index (χ2n) is 7.26. The molecule has 0 aliphatic heterocycles. The average molecular weight is 410 g/mol. The predicted molar refractivity (Wildman–Crippen MR) is 121 cm³/mol. The van der Waals surface area contributed by atoms with E-state index in [-0.39, 0.29) is 11.8 Å². The Hall–Kier alpha value is -4.19. The molecule has 0 atom stereocenters. The van der Waals surface area contributed by atoms with E-state index < -0.39 is 0 Å². The molecule has 0 aliphatic rings. The van der Waals surface area contributed by atoms with Crippen molar-refractivity contribution in [3.63, 3.8) is 0 Å². The van der Waals surface area contributed by atoms with Crippen LogP contribution in [0.2, 0.25) is 0 Å². The monoisotopic (exact) mass is 410 g/mol. The molecule has 6 heteroatoms. The van der Waals surface area contributed by atoms with Gasteiger partial charge in [-0.05, 0) is 42.5 Å². The molecule has 0 aliphatic carbocycles. The van der Waals surface area contributed by atoms with Gasteiger partial charge in [-0.3, -0.25) is 9.59 Å². The van der Waals surface area contributed by atoms with Crippen molar-refractivity contribution in [2.45, 2.75) is 0 Å². The van der Waals surface area contributed by atoms with Gasteiger partial charge in [-0.2, -0.15) is 5.10 Å². The van der Waals surface area contributed by atoms with Crippen LogP contribution in [0, 0.1) is 0 Å². The van der Waals surface area contributed by atoms with E-state index in [9.17, 15) is 9.59 Å². The number of amides is 2. The van der Waals surface area contributed by atoms with Crippen molar-refractivity contribution in [1.82, 2.24) is 14.7 Å². The molecule has 4 aromatic rings. The lowest BCUT2D eigenvalue weighted by Gasteiger charge is -2.10. The third-order valence-corrected chi connectivity index (χ3v) is 4.81. The maximum Gasteiger partial charge on any atom is 0.276 e. The van der Waals surface area contributed by atoms with Crippen molar-refractivity contribution < 1.29 is 9.59 Å². The van der Waals surface area contributed by atoms with Gasteiger partial charge in [0.1, 0.15) is 0 Å². The van der Waals surface area contributed by atoms with E-state index in [4.69, 9.17) is 0 Å². The Kier molecular flexibility index (Phi) is 5.62. The summed E-state index contributed by atoms with van der Waals surface area (Å²) in [4.78, 5) is 26.5. The lowest BCUT2D eigenvalue weighted by atomic mass is 10.1. The van der Waals surface area contributed by atoms with Crippen LogP contribution in [-0.4, -0.2) is 40.6 Å². The van der Waals surface area contributed by atoms with Crippen LogP contribution in [0.4, 0.5) is 5.69 Å². The molecule has 4 rings (SSSR count). The summed E-state index contributed by atoms with van der Waals surface area (Å²) in [5.74, 6) is -0.412. The molecule has 0 fully saturated rings. The number of carbonyl (C=O) groups excluding carboxylic acids is 2. The number of carbonyl (C=O) groups is 2. The number of hydrogen-bond donors (Lipinski definition) is 1. The maximum atomic E-state index is 12.9. The fraction of sp³-hybridized carbons (Fsp3) is 0.0800. The first-order valence-corrected chi connectivity index (χ1v) is 9.87. The molecule has 0 radical (unpaired) electrons. The molecule has 154 valence electrons. The minimum absolute atomic E-state index is 0.0908. The highest BCUT2D eigenvalue weighted by atomic mass is 16.2. The zero-order valence-corrected chi connectivity index (χ0v) is 17.3. The van der Waals surface area contributed by atoms with Crippen molar-refractivity contribution in [3.05, 3.63) is 102 Å². The molecule has 0 saturated carbocycles. The number of benzene rings is 3. The molecule has 0 spiro atoms. The fourth-order valence-corrected chi connectivity index (χ4v) is 3.22. The molecular formula is C25H22N4O2. The minimum atomic E-state index is -0.321. The van der Waals surface area contributed by atoms with Crippen LogP contribution in [0.5, 0.6) is 0 Å². The summed E-state index contributed by atoms with van der Waals surface area (Å²) >= 11 is 0. The number of aromatic nitrogens is 2. The van der Waals surface area contributed by atoms with Gasteiger partial charge in [-0.1, -0.05) is 48.5 Å². The number of nitrogens with zero attached hydrogens (tertiary/aromatic N) is 3. The number of para-hydroxylation sites is 1. The Bertz CT molecular complexity index is 1140. The first-order valence-electron chi connectivity index (χ1n) is 9.87. The van der Waals surface area contributed by atoms with Gasteiger partial charge in [0.05, 0.1) is 11.4 Å². The van der Waals surface area contributed by atoms with Crippen LogP contribution in [0.15, 0.2) is 91.0 Å². The van der Waals surface area contributed by atoms with E-state index in [0.29, 0.717) is 16.9 Å². The Labute approximate surface area is 180 Å². The molecule has 6 nitrogen and oxygen atoms in total. The van der Waals surface area contributed by atoms with E-state index in [2.05, 4.69) is 10.4 Å². The van der Waals surface area contributed by atoms with Crippen molar-refractivity contribution in [1.29, 1.82) is 0 Å². The Balaban J connectivity index is 1.63. The second kappa shape index (κ2) is 8.67. The summed E-state index contributed by atoms with van der Waals surface area (Å²) in [6, 6.07) is 28.1. The third kappa shape index (κ3) is 4.38. The van der Waals surface area contributed by atoms with Gasteiger partial charge in [-0.25, -0.2) is 4.68 Å². The van der Waals surface area contributed by atoms with Crippen LogP contribution in [0.3, 0.4) is 0 Å². The summed E-state index contributed by atoms with van der Waals surface area (Å²) in [7, 11) is 3.40. The summed E-state index contributed by atoms with van der Waals surface area (Å²) in [6.45, 7) is 0. The molecule has 2 amide bonds. The molecule has 1 N–H and O–H groups in total. The van der Waals surface area contributed by atoms with Gasteiger partial charge < -0.3 is 10.2 Å². The van der Waals surface area contributed by atoms with Gasteiger partial charge in [0, 0.05) is 30.9 Å². The summed E-state index contributed by atoms with van der Waals surface area (Å²) in [5, 5.41) is 7.42. The summed E-state index contributed by atoms with van der Waals surface area (Å²) < 4.78 is 1.77. The van der Waals surface area contributed by atoms with Gasteiger partial charge >= 0.3 is 0 Å². The first-order chi connectivity index (χ1) is 15.0. The number of nitrogens with one attached hydrogen (secondary N) is 1.